The van der Waals surface area contributed by atoms with Crippen LogP contribution in [0.2, 0.25) is 0 Å². The van der Waals surface area contributed by atoms with Crippen LogP contribution in [0.5, 0.6) is 0 Å². The number of ether oxygens (including phenoxy) is 2. The van der Waals surface area contributed by atoms with Gasteiger partial charge in [-0.05, 0) is 6.92 Å². The van der Waals surface area contributed by atoms with E-state index in [0.717, 1.165) is 13.0 Å². The van der Waals surface area contributed by atoms with E-state index < -0.39 is 0 Å². The Morgan fingerprint density at radius 2 is 2.55 bits per heavy atom. The van der Waals surface area contributed by atoms with Gasteiger partial charge in [0.1, 0.15) is 0 Å². The molecule has 0 radical (unpaired) electrons. The van der Waals surface area contributed by atoms with Crippen LogP contribution in [0.4, 0.5) is 0 Å². The average Bonchev–Trinajstić information content (AvgIpc) is 2.72. The summed E-state index contributed by atoms with van der Waals surface area (Å²) in [6, 6.07) is 0. The van der Waals surface area contributed by atoms with E-state index >= 15 is 0 Å². The van der Waals surface area contributed by atoms with Crippen molar-refractivity contribution in [2.24, 2.45) is 0 Å². The first-order valence-corrected chi connectivity index (χ1v) is 3.74. The summed E-state index contributed by atoms with van der Waals surface area (Å²) < 4.78 is 9.77. The lowest BCUT2D eigenvalue weighted by Gasteiger charge is -1.97. The fraction of sp³-hybridized carbons (Fsp3) is 0.625. The Morgan fingerprint density at radius 1 is 1.82 bits per heavy atom. The molecule has 0 aliphatic carbocycles. The molecule has 1 rings (SSSR count). The number of rotatable bonds is 4. The van der Waals surface area contributed by atoms with Gasteiger partial charge in [0.25, 0.3) is 0 Å². The van der Waals surface area contributed by atoms with Gasteiger partial charge in [-0.1, -0.05) is 6.08 Å². The van der Waals surface area contributed by atoms with Gasteiger partial charge in [0.05, 0.1) is 19.3 Å². The minimum Gasteiger partial charge on any atom is -0.462 e. The summed E-state index contributed by atoms with van der Waals surface area (Å²) in [6.45, 7) is 3.07. The van der Waals surface area contributed by atoms with Gasteiger partial charge in [-0.2, -0.15) is 0 Å². The van der Waals surface area contributed by atoms with Crippen molar-refractivity contribution in [1.29, 1.82) is 0 Å². The largest absolute Gasteiger partial charge is 0.462 e. The second-order valence-electron chi connectivity index (χ2n) is 2.41. The number of allylic oxidation sites excluding steroid dienone is 1. The molecule has 3 nitrogen and oxygen atoms in total. The number of carbonyl (C=O) groups excluding carboxylic acids is 1. The van der Waals surface area contributed by atoms with Gasteiger partial charge in [-0.25, -0.2) is 4.79 Å². The van der Waals surface area contributed by atoms with Gasteiger partial charge >= 0.3 is 5.97 Å². The lowest BCUT2D eigenvalue weighted by molar-refractivity contribution is -0.137. The summed E-state index contributed by atoms with van der Waals surface area (Å²) in [6.07, 6.45) is 4.24. The minimum atomic E-state index is -0.270. The molecule has 0 amide bonds. The minimum absolute atomic E-state index is 0.270. The molecule has 0 saturated carbocycles. The first-order valence-electron chi connectivity index (χ1n) is 3.74. The number of hydrogen-bond donors (Lipinski definition) is 0. The lowest BCUT2D eigenvalue weighted by atomic mass is 10.3. The molecule has 0 bridgehead atoms. The average molecular weight is 156 g/mol. The third-order valence-corrected chi connectivity index (χ3v) is 1.39. The number of esters is 1. The number of carbonyl (C=O) groups is 1. The molecule has 1 saturated heterocycles. The van der Waals surface area contributed by atoms with Crippen molar-refractivity contribution in [1.82, 2.24) is 0 Å². The maximum Gasteiger partial charge on any atom is 0.330 e. The molecule has 1 aliphatic heterocycles. The highest BCUT2D eigenvalue weighted by atomic mass is 16.6. The molecule has 1 aliphatic rings. The number of epoxide rings is 1. The first-order chi connectivity index (χ1) is 5.33. The van der Waals surface area contributed by atoms with Crippen LogP contribution in [-0.2, 0) is 14.3 Å². The molecular weight excluding hydrogens is 144 g/mol. The Morgan fingerprint density at radius 3 is 3.09 bits per heavy atom. The van der Waals surface area contributed by atoms with Crippen LogP contribution in [0, 0.1) is 0 Å². The van der Waals surface area contributed by atoms with Crippen LogP contribution in [-0.4, -0.2) is 25.3 Å². The summed E-state index contributed by atoms with van der Waals surface area (Å²) in [5.41, 5.74) is 0. The smallest absolute Gasteiger partial charge is 0.330 e. The predicted molar refractivity (Wildman–Crippen MR) is 40.1 cm³/mol. The summed E-state index contributed by atoms with van der Waals surface area (Å²) in [5.74, 6) is -0.270. The Bertz CT molecular complexity index is 159. The number of hydrogen-bond acceptors (Lipinski definition) is 3. The molecule has 0 spiro atoms. The van der Waals surface area contributed by atoms with E-state index in [1.807, 2.05) is 0 Å². The van der Waals surface area contributed by atoms with Crippen LogP contribution in [0.3, 0.4) is 0 Å². The fourth-order valence-corrected chi connectivity index (χ4v) is 0.710. The van der Waals surface area contributed by atoms with Gasteiger partial charge in [0.15, 0.2) is 0 Å². The van der Waals surface area contributed by atoms with Crippen molar-refractivity contribution in [2.45, 2.75) is 19.4 Å². The van der Waals surface area contributed by atoms with Gasteiger partial charge in [0, 0.05) is 12.5 Å². The third kappa shape index (κ3) is 3.78. The Hall–Kier alpha value is -0.830. The molecule has 1 heterocycles. The van der Waals surface area contributed by atoms with E-state index in [1.165, 1.54) is 6.08 Å². The van der Waals surface area contributed by atoms with E-state index in [1.54, 1.807) is 13.0 Å². The highest BCUT2D eigenvalue weighted by Crippen LogP contribution is 2.12. The van der Waals surface area contributed by atoms with E-state index in [-0.39, 0.29) is 5.97 Å². The van der Waals surface area contributed by atoms with E-state index in [9.17, 15) is 4.79 Å². The Labute approximate surface area is 66.0 Å². The second-order valence-corrected chi connectivity index (χ2v) is 2.41. The van der Waals surface area contributed by atoms with Crippen LogP contribution < -0.4 is 0 Å². The molecule has 1 atom stereocenters. The van der Waals surface area contributed by atoms with Crippen molar-refractivity contribution in [3.05, 3.63) is 12.2 Å². The first kappa shape index (κ1) is 8.27. The van der Waals surface area contributed by atoms with Crippen molar-refractivity contribution in [3.63, 3.8) is 0 Å². The standard InChI is InChI=1S/C8H12O3/c1-2-3-8(9)10-5-4-7-6-11-7/h2-3,7H,4-6H2,1H3. The maximum atomic E-state index is 10.7. The summed E-state index contributed by atoms with van der Waals surface area (Å²) in [4.78, 5) is 10.7. The molecule has 3 heteroatoms. The maximum absolute atomic E-state index is 10.7. The molecule has 62 valence electrons. The van der Waals surface area contributed by atoms with Gasteiger partial charge in [-0.15, -0.1) is 0 Å². The predicted octanol–water partition coefficient (Wildman–Crippen LogP) is 0.895. The van der Waals surface area contributed by atoms with Crippen LogP contribution in [0.1, 0.15) is 13.3 Å². The molecule has 1 fully saturated rings. The second kappa shape index (κ2) is 4.13. The highest BCUT2D eigenvalue weighted by molar-refractivity contribution is 5.81. The third-order valence-electron chi connectivity index (χ3n) is 1.39. The van der Waals surface area contributed by atoms with Crippen molar-refractivity contribution in [2.75, 3.05) is 13.2 Å². The molecule has 1 unspecified atom stereocenters. The van der Waals surface area contributed by atoms with Gasteiger partial charge < -0.3 is 9.47 Å². The molecule has 0 aromatic heterocycles. The topological polar surface area (TPSA) is 38.8 Å². The Balaban J connectivity index is 1.96. The van der Waals surface area contributed by atoms with E-state index in [4.69, 9.17) is 9.47 Å². The zero-order chi connectivity index (χ0) is 8.10. The summed E-state index contributed by atoms with van der Waals surface area (Å²) in [7, 11) is 0. The molecule has 0 aromatic rings. The van der Waals surface area contributed by atoms with Gasteiger partial charge in [0.2, 0.25) is 0 Å². The van der Waals surface area contributed by atoms with Crippen molar-refractivity contribution >= 4 is 5.97 Å². The van der Waals surface area contributed by atoms with Crippen molar-refractivity contribution < 1.29 is 14.3 Å². The monoisotopic (exact) mass is 156 g/mol. The molecule has 11 heavy (non-hydrogen) atoms. The zero-order valence-electron chi connectivity index (χ0n) is 6.58. The molecule has 0 N–H and O–H groups in total. The highest BCUT2D eigenvalue weighted by Gasteiger charge is 2.21. The SMILES string of the molecule is CC=CC(=O)OCCC1CO1. The summed E-state index contributed by atoms with van der Waals surface area (Å²) >= 11 is 0. The van der Waals surface area contributed by atoms with E-state index in [2.05, 4.69) is 0 Å². The zero-order valence-corrected chi connectivity index (χ0v) is 6.58. The van der Waals surface area contributed by atoms with Crippen LogP contribution in [0.25, 0.3) is 0 Å². The molecule has 0 aromatic carbocycles. The van der Waals surface area contributed by atoms with Crippen LogP contribution >= 0.6 is 0 Å². The van der Waals surface area contributed by atoms with Gasteiger partial charge in [-0.3, -0.25) is 0 Å². The lowest BCUT2D eigenvalue weighted by Crippen LogP contribution is -2.04. The fourth-order valence-electron chi connectivity index (χ4n) is 0.710. The van der Waals surface area contributed by atoms with E-state index in [0.29, 0.717) is 12.7 Å². The molecular formula is C8H12O3. The van der Waals surface area contributed by atoms with Crippen LogP contribution in [0.15, 0.2) is 12.2 Å². The van der Waals surface area contributed by atoms with Crippen molar-refractivity contribution in [3.8, 4) is 0 Å². The quantitative estimate of drug-likeness (QED) is 0.345. The summed E-state index contributed by atoms with van der Waals surface area (Å²) in [5, 5.41) is 0. The normalized spacial score (nSPS) is 22.1. The Kier molecular flexibility index (Phi) is 3.11.